The zero-order valence-electron chi connectivity index (χ0n) is 8.51. The highest BCUT2D eigenvalue weighted by Gasteiger charge is 2.31. The SMILES string of the molecule is COC(CN)c1cc(F)cc(C(F)(F)F)c1. The van der Waals surface area contributed by atoms with Crippen LogP contribution in [0.4, 0.5) is 17.6 Å². The number of hydrogen-bond acceptors (Lipinski definition) is 2. The van der Waals surface area contributed by atoms with Crippen LogP contribution in [0.15, 0.2) is 18.2 Å². The molecule has 2 N–H and O–H groups in total. The fourth-order valence-corrected chi connectivity index (χ4v) is 1.33. The third-order valence-corrected chi connectivity index (χ3v) is 2.12. The Hall–Kier alpha value is -1.14. The minimum absolute atomic E-state index is 0.0166. The first-order valence-electron chi connectivity index (χ1n) is 4.49. The average Bonchev–Trinajstić information content (AvgIpc) is 2.17. The van der Waals surface area contributed by atoms with Gasteiger partial charge in [0.2, 0.25) is 0 Å². The molecular formula is C10H11F4NO. The van der Waals surface area contributed by atoms with E-state index in [1.807, 2.05) is 0 Å². The molecule has 0 saturated heterocycles. The molecule has 1 atom stereocenters. The van der Waals surface area contributed by atoms with Crippen molar-refractivity contribution in [1.29, 1.82) is 0 Å². The second kappa shape index (κ2) is 4.80. The van der Waals surface area contributed by atoms with Gasteiger partial charge in [-0.15, -0.1) is 0 Å². The molecule has 0 aliphatic carbocycles. The topological polar surface area (TPSA) is 35.2 Å². The molecule has 0 aromatic heterocycles. The Balaban J connectivity index is 3.17. The van der Waals surface area contributed by atoms with E-state index in [1.54, 1.807) is 0 Å². The van der Waals surface area contributed by atoms with Crippen molar-refractivity contribution in [3.8, 4) is 0 Å². The molecule has 2 nitrogen and oxygen atoms in total. The first-order chi connectivity index (χ1) is 7.38. The second-order valence-corrected chi connectivity index (χ2v) is 3.23. The normalized spacial score (nSPS) is 13.9. The van der Waals surface area contributed by atoms with Gasteiger partial charge in [0, 0.05) is 13.7 Å². The van der Waals surface area contributed by atoms with Gasteiger partial charge in [-0.1, -0.05) is 0 Å². The molecule has 6 heteroatoms. The molecule has 0 fully saturated rings. The minimum Gasteiger partial charge on any atom is -0.375 e. The largest absolute Gasteiger partial charge is 0.416 e. The van der Waals surface area contributed by atoms with E-state index < -0.39 is 23.7 Å². The maximum atomic E-state index is 13.0. The van der Waals surface area contributed by atoms with Crippen molar-refractivity contribution in [3.63, 3.8) is 0 Å². The molecule has 0 aliphatic heterocycles. The van der Waals surface area contributed by atoms with Crippen LogP contribution in [-0.2, 0) is 10.9 Å². The molecule has 0 aliphatic rings. The van der Waals surface area contributed by atoms with Gasteiger partial charge in [-0.3, -0.25) is 0 Å². The Morgan fingerprint density at radius 1 is 1.31 bits per heavy atom. The number of halogens is 4. The summed E-state index contributed by atoms with van der Waals surface area (Å²) in [7, 11) is 1.30. The van der Waals surface area contributed by atoms with Crippen LogP contribution in [0, 0.1) is 5.82 Å². The maximum absolute atomic E-state index is 13.0. The highest BCUT2D eigenvalue weighted by Crippen LogP contribution is 2.32. The van der Waals surface area contributed by atoms with Crippen LogP contribution in [0.3, 0.4) is 0 Å². The van der Waals surface area contributed by atoms with E-state index in [-0.39, 0.29) is 12.1 Å². The Morgan fingerprint density at radius 3 is 2.38 bits per heavy atom. The maximum Gasteiger partial charge on any atom is 0.416 e. The summed E-state index contributed by atoms with van der Waals surface area (Å²) in [6.45, 7) is -0.0166. The van der Waals surface area contributed by atoms with E-state index in [0.717, 1.165) is 12.1 Å². The van der Waals surface area contributed by atoms with Crippen LogP contribution in [-0.4, -0.2) is 13.7 Å². The third kappa shape index (κ3) is 2.93. The fourth-order valence-electron chi connectivity index (χ4n) is 1.33. The van der Waals surface area contributed by atoms with Crippen molar-refractivity contribution in [2.45, 2.75) is 12.3 Å². The summed E-state index contributed by atoms with van der Waals surface area (Å²) in [5.74, 6) is -0.958. The zero-order chi connectivity index (χ0) is 12.3. The molecule has 0 spiro atoms. The van der Waals surface area contributed by atoms with Crippen molar-refractivity contribution >= 4 is 0 Å². The van der Waals surface area contributed by atoms with E-state index in [4.69, 9.17) is 10.5 Å². The van der Waals surface area contributed by atoms with Gasteiger partial charge in [0.15, 0.2) is 0 Å². The first-order valence-corrected chi connectivity index (χ1v) is 4.49. The Bertz CT molecular complexity index is 360. The van der Waals surface area contributed by atoms with Gasteiger partial charge in [-0.2, -0.15) is 13.2 Å². The van der Waals surface area contributed by atoms with Gasteiger partial charge in [0.1, 0.15) is 5.82 Å². The van der Waals surface area contributed by atoms with Crippen molar-refractivity contribution in [1.82, 2.24) is 0 Å². The summed E-state index contributed by atoms with van der Waals surface area (Å²) < 4.78 is 55.0. The van der Waals surface area contributed by atoms with Gasteiger partial charge in [-0.05, 0) is 23.8 Å². The van der Waals surface area contributed by atoms with E-state index in [0.29, 0.717) is 6.07 Å². The number of hydrogen-bond donors (Lipinski definition) is 1. The lowest BCUT2D eigenvalue weighted by Gasteiger charge is -2.15. The molecule has 0 saturated carbocycles. The summed E-state index contributed by atoms with van der Waals surface area (Å²) in [6.07, 6.45) is -5.32. The Kier molecular flexibility index (Phi) is 3.88. The third-order valence-electron chi connectivity index (χ3n) is 2.12. The van der Waals surface area contributed by atoms with Crippen LogP contribution in [0.25, 0.3) is 0 Å². The van der Waals surface area contributed by atoms with Gasteiger partial charge in [0.25, 0.3) is 0 Å². The highest BCUT2D eigenvalue weighted by molar-refractivity contribution is 5.28. The van der Waals surface area contributed by atoms with E-state index in [2.05, 4.69) is 0 Å². The lowest BCUT2D eigenvalue weighted by Crippen LogP contribution is -2.16. The Morgan fingerprint density at radius 2 is 1.94 bits per heavy atom. The van der Waals surface area contributed by atoms with Gasteiger partial charge in [0.05, 0.1) is 11.7 Å². The van der Waals surface area contributed by atoms with Gasteiger partial charge < -0.3 is 10.5 Å². The number of methoxy groups -OCH3 is 1. The van der Waals surface area contributed by atoms with Crippen LogP contribution < -0.4 is 5.73 Å². The summed E-state index contributed by atoms with van der Waals surface area (Å²) in [4.78, 5) is 0. The van der Waals surface area contributed by atoms with E-state index >= 15 is 0 Å². The van der Waals surface area contributed by atoms with Crippen LogP contribution in [0.1, 0.15) is 17.2 Å². The predicted molar refractivity (Wildman–Crippen MR) is 50.2 cm³/mol. The van der Waals surface area contributed by atoms with Crippen molar-refractivity contribution in [2.24, 2.45) is 5.73 Å². The second-order valence-electron chi connectivity index (χ2n) is 3.23. The van der Waals surface area contributed by atoms with Crippen molar-refractivity contribution < 1.29 is 22.3 Å². The predicted octanol–water partition coefficient (Wildman–Crippen LogP) is 2.49. The molecule has 0 bridgehead atoms. The fraction of sp³-hybridized carbons (Fsp3) is 0.400. The smallest absolute Gasteiger partial charge is 0.375 e. The average molecular weight is 237 g/mol. The number of benzene rings is 1. The number of nitrogens with two attached hydrogens (primary N) is 1. The number of ether oxygens (including phenoxy) is 1. The lowest BCUT2D eigenvalue weighted by molar-refractivity contribution is -0.137. The van der Waals surface area contributed by atoms with Gasteiger partial charge in [-0.25, -0.2) is 4.39 Å². The molecule has 1 rings (SSSR count). The number of rotatable bonds is 3. The quantitative estimate of drug-likeness (QED) is 0.820. The number of alkyl halides is 3. The molecule has 1 unspecified atom stereocenters. The lowest BCUT2D eigenvalue weighted by atomic mass is 10.1. The standard InChI is InChI=1S/C10H11F4NO/c1-16-9(5-15)6-2-7(10(12,13)14)4-8(11)3-6/h2-4,9H,5,15H2,1H3. The summed E-state index contributed by atoms with van der Waals surface area (Å²) >= 11 is 0. The molecular weight excluding hydrogens is 226 g/mol. The summed E-state index contributed by atoms with van der Waals surface area (Å²) in [6, 6.07) is 2.26. The molecule has 0 amide bonds. The summed E-state index contributed by atoms with van der Waals surface area (Å²) in [5, 5.41) is 0. The molecule has 0 radical (unpaired) electrons. The zero-order valence-corrected chi connectivity index (χ0v) is 8.51. The van der Waals surface area contributed by atoms with E-state index in [9.17, 15) is 17.6 Å². The minimum atomic E-state index is -4.58. The Labute approximate surface area is 90.0 Å². The molecule has 0 heterocycles. The first kappa shape index (κ1) is 12.9. The van der Waals surface area contributed by atoms with Crippen LogP contribution in [0.2, 0.25) is 0 Å². The van der Waals surface area contributed by atoms with E-state index in [1.165, 1.54) is 7.11 Å². The monoisotopic (exact) mass is 237 g/mol. The van der Waals surface area contributed by atoms with Crippen LogP contribution >= 0.6 is 0 Å². The van der Waals surface area contributed by atoms with Crippen LogP contribution in [0.5, 0.6) is 0 Å². The molecule has 90 valence electrons. The molecule has 1 aromatic carbocycles. The molecule has 16 heavy (non-hydrogen) atoms. The molecule has 1 aromatic rings. The van der Waals surface area contributed by atoms with Gasteiger partial charge >= 0.3 is 6.18 Å². The summed E-state index contributed by atoms with van der Waals surface area (Å²) in [5.41, 5.74) is 4.33. The highest BCUT2D eigenvalue weighted by atomic mass is 19.4. The van der Waals surface area contributed by atoms with Crippen molar-refractivity contribution in [2.75, 3.05) is 13.7 Å². The van der Waals surface area contributed by atoms with Crippen molar-refractivity contribution in [3.05, 3.63) is 35.1 Å².